The van der Waals surface area contributed by atoms with Gasteiger partial charge in [-0.25, -0.2) is 4.79 Å². The number of hydrogen-bond donors (Lipinski definition) is 1. The molecule has 0 spiro atoms. The molecular formula is C43H80Br3NO5. The molecule has 0 fully saturated rings. The molecule has 6 nitrogen and oxygen atoms in total. The zero-order valence-corrected chi connectivity index (χ0v) is 38.5. The molecule has 0 rings (SSSR count). The van der Waals surface area contributed by atoms with E-state index in [0.29, 0.717) is 13.2 Å². The van der Waals surface area contributed by atoms with Crippen LogP contribution in [0.1, 0.15) is 232 Å². The molecule has 0 aromatic carbocycles. The van der Waals surface area contributed by atoms with Gasteiger partial charge in [-0.3, -0.25) is 9.59 Å². The van der Waals surface area contributed by atoms with E-state index in [2.05, 4.69) is 67.0 Å². The van der Waals surface area contributed by atoms with Crippen LogP contribution in [0.4, 0.5) is 0 Å². The number of carbonyl (C=O) groups is 3. The van der Waals surface area contributed by atoms with E-state index in [0.717, 1.165) is 32.1 Å². The number of nitrogens with one attached hydrogen (secondary N) is 1. The third-order valence-electron chi connectivity index (χ3n) is 9.99. The number of unbranched alkanes of at least 4 members (excludes halogenated alkanes) is 30. The van der Waals surface area contributed by atoms with Gasteiger partial charge in [-0.15, -0.1) is 0 Å². The number of ether oxygens (including phenoxy) is 2. The fraction of sp³-hybridized carbons (Fsp3) is 0.930. The molecule has 0 aromatic rings. The van der Waals surface area contributed by atoms with E-state index < -0.39 is 20.1 Å². The van der Waals surface area contributed by atoms with E-state index in [-0.39, 0.29) is 18.8 Å². The Labute approximate surface area is 346 Å². The predicted octanol–water partition coefficient (Wildman–Crippen LogP) is 14.7. The van der Waals surface area contributed by atoms with Crippen LogP contribution in [-0.4, -0.2) is 39.2 Å². The number of halogens is 3. The lowest BCUT2D eigenvalue weighted by molar-refractivity contribution is -0.149. The number of alkyl halides is 3. The van der Waals surface area contributed by atoms with Crippen LogP contribution < -0.4 is 5.32 Å². The number of amides is 1. The predicted molar refractivity (Wildman–Crippen MR) is 232 cm³/mol. The van der Waals surface area contributed by atoms with Gasteiger partial charge in [-0.05, 0) is 67.1 Å². The highest BCUT2D eigenvalue weighted by atomic mass is 80.0. The quantitative estimate of drug-likeness (QED) is 0.0377. The van der Waals surface area contributed by atoms with Gasteiger partial charge in [0.05, 0.1) is 13.2 Å². The minimum absolute atomic E-state index is 0.0395. The van der Waals surface area contributed by atoms with Crippen LogP contribution in [0.2, 0.25) is 0 Å². The van der Waals surface area contributed by atoms with Gasteiger partial charge in [-0.2, -0.15) is 0 Å². The van der Waals surface area contributed by atoms with Gasteiger partial charge in [0.2, 0.25) is 2.14 Å². The van der Waals surface area contributed by atoms with Gasteiger partial charge in [0.15, 0.2) is 0 Å². The minimum atomic E-state index is -1.20. The van der Waals surface area contributed by atoms with Crippen molar-refractivity contribution in [3.05, 3.63) is 0 Å². The number of esters is 2. The Hall–Kier alpha value is -0.150. The molecule has 0 saturated carbocycles. The Morgan fingerprint density at radius 2 is 0.750 bits per heavy atom. The molecule has 1 amide bonds. The van der Waals surface area contributed by atoms with E-state index in [9.17, 15) is 14.4 Å². The second-order valence-electron chi connectivity index (χ2n) is 15.1. The number of rotatable bonds is 39. The van der Waals surface area contributed by atoms with Gasteiger partial charge in [0, 0.05) is 6.42 Å². The molecule has 0 heterocycles. The molecule has 0 unspecified atom stereocenters. The van der Waals surface area contributed by atoms with Crippen LogP contribution in [0.5, 0.6) is 0 Å². The van der Waals surface area contributed by atoms with Crippen molar-refractivity contribution in [2.45, 2.75) is 240 Å². The number of carbonyl (C=O) groups excluding carboxylic acids is 3. The molecule has 0 aliphatic rings. The van der Waals surface area contributed by atoms with Crippen molar-refractivity contribution in [2.75, 3.05) is 13.2 Å². The van der Waals surface area contributed by atoms with Gasteiger partial charge in [-0.1, -0.05) is 206 Å². The monoisotopic (exact) mass is 927 g/mol. The average Bonchev–Trinajstić information content (AvgIpc) is 3.12. The van der Waals surface area contributed by atoms with Gasteiger partial charge in [0.25, 0.3) is 5.91 Å². The summed E-state index contributed by atoms with van der Waals surface area (Å²) >= 11 is 9.59. The Morgan fingerprint density at radius 3 is 1.06 bits per heavy atom. The number of hydrogen-bond acceptors (Lipinski definition) is 5. The van der Waals surface area contributed by atoms with Gasteiger partial charge in [0.1, 0.15) is 6.04 Å². The summed E-state index contributed by atoms with van der Waals surface area (Å²) in [6, 6.07) is -0.927. The summed E-state index contributed by atoms with van der Waals surface area (Å²) in [5.74, 6) is -1.34. The topological polar surface area (TPSA) is 81.7 Å². The summed E-state index contributed by atoms with van der Waals surface area (Å²) in [7, 11) is 0. The highest BCUT2D eigenvalue weighted by molar-refractivity contribution is 9.40. The summed E-state index contributed by atoms with van der Waals surface area (Å²) in [6.45, 7) is 5.25. The van der Waals surface area contributed by atoms with E-state index in [1.54, 1.807) is 0 Å². The maximum absolute atomic E-state index is 12.9. The van der Waals surface area contributed by atoms with Gasteiger partial charge < -0.3 is 14.8 Å². The van der Waals surface area contributed by atoms with Crippen LogP contribution in [-0.2, 0) is 23.9 Å². The standard InChI is InChI=1S/C43H80Br3NO5/c1-3-5-7-9-11-13-15-17-19-21-23-25-27-29-31-33-37-51-40(48)36-35-39(47-42(50)43(44,45)46)41(49)52-38-34-32-30-28-26-24-22-20-18-16-14-12-10-8-6-4-2/h39H,3-38H2,1-2H3,(H,47,50)/t39-/m0/s1. The van der Waals surface area contributed by atoms with Crippen LogP contribution in [0.15, 0.2) is 0 Å². The Bertz CT molecular complexity index is 823. The molecule has 0 aliphatic carbocycles. The molecule has 1 N–H and O–H groups in total. The molecule has 52 heavy (non-hydrogen) atoms. The maximum atomic E-state index is 12.9. The third kappa shape index (κ3) is 36.8. The summed E-state index contributed by atoms with van der Waals surface area (Å²) < 4.78 is 9.74. The first kappa shape index (κ1) is 51.9. The summed E-state index contributed by atoms with van der Waals surface area (Å²) in [6.07, 6.45) is 41.5. The highest BCUT2D eigenvalue weighted by Crippen LogP contribution is 2.33. The Kier molecular flexibility index (Phi) is 39.0. The first-order chi connectivity index (χ1) is 25.2. The smallest absolute Gasteiger partial charge is 0.328 e. The second-order valence-corrected chi connectivity index (χ2v) is 21.8. The van der Waals surface area contributed by atoms with Crippen molar-refractivity contribution in [1.29, 1.82) is 0 Å². The lowest BCUT2D eigenvalue weighted by atomic mass is 10.0. The average molecular weight is 931 g/mol. The summed E-state index contributed by atoms with van der Waals surface area (Å²) in [5, 5.41) is 2.68. The van der Waals surface area contributed by atoms with Crippen molar-refractivity contribution < 1.29 is 23.9 Å². The molecule has 0 aromatic heterocycles. The van der Waals surface area contributed by atoms with Crippen LogP contribution in [0, 0.1) is 0 Å². The second kappa shape index (κ2) is 39.1. The van der Waals surface area contributed by atoms with E-state index in [1.165, 1.54) is 173 Å². The van der Waals surface area contributed by atoms with Crippen LogP contribution >= 0.6 is 47.8 Å². The Balaban J connectivity index is 3.95. The first-order valence-electron chi connectivity index (χ1n) is 21.9. The minimum Gasteiger partial charge on any atom is -0.466 e. The van der Waals surface area contributed by atoms with E-state index >= 15 is 0 Å². The van der Waals surface area contributed by atoms with E-state index in [1.807, 2.05) is 0 Å². The zero-order chi connectivity index (χ0) is 38.4. The molecule has 308 valence electrons. The summed E-state index contributed by atoms with van der Waals surface area (Å²) in [4.78, 5) is 37.8. The van der Waals surface area contributed by atoms with Crippen molar-refractivity contribution in [2.24, 2.45) is 0 Å². The van der Waals surface area contributed by atoms with Crippen molar-refractivity contribution in [3.8, 4) is 0 Å². The largest absolute Gasteiger partial charge is 0.466 e. The normalized spacial score (nSPS) is 12.2. The molecule has 9 heteroatoms. The van der Waals surface area contributed by atoms with Crippen molar-refractivity contribution in [3.63, 3.8) is 0 Å². The molecule has 0 bridgehead atoms. The third-order valence-corrected chi connectivity index (χ3v) is 11.1. The van der Waals surface area contributed by atoms with E-state index in [4.69, 9.17) is 9.47 Å². The summed E-state index contributed by atoms with van der Waals surface area (Å²) in [5.41, 5.74) is 0. The zero-order valence-electron chi connectivity index (χ0n) is 33.7. The Morgan fingerprint density at radius 1 is 0.462 bits per heavy atom. The highest BCUT2D eigenvalue weighted by Gasteiger charge is 2.33. The maximum Gasteiger partial charge on any atom is 0.328 e. The lowest BCUT2D eigenvalue weighted by Gasteiger charge is -2.20. The molecule has 0 aliphatic heterocycles. The van der Waals surface area contributed by atoms with Crippen molar-refractivity contribution >= 4 is 65.6 Å². The van der Waals surface area contributed by atoms with Crippen LogP contribution in [0.25, 0.3) is 0 Å². The van der Waals surface area contributed by atoms with Crippen LogP contribution in [0.3, 0.4) is 0 Å². The van der Waals surface area contributed by atoms with Crippen molar-refractivity contribution in [1.82, 2.24) is 5.32 Å². The fourth-order valence-electron chi connectivity index (χ4n) is 6.58. The molecule has 0 saturated heterocycles. The lowest BCUT2D eigenvalue weighted by Crippen LogP contribution is -2.46. The van der Waals surface area contributed by atoms with Gasteiger partial charge >= 0.3 is 11.9 Å². The fourth-order valence-corrected chi connectivity index (χ4v) is 6.93. The molecular weight excluding hydrogens is 850 g/mol. The first-order valence-corrected chi connectivity index (χ1v) is 24.3. The molecule has 1 atom stereocenters. The molecule has 0 radical (unpaired) electrons. The SMILES string of the molecule is CCCCCCCCCCCCCCCCCCOC(=O)CC[C@H](NC(=O)C(Br)(Br)Br)C(=O)OCCCCCCCCCCCCCCCCCC.